The number of aryl methyl sites for hydroxylation is 2. The monoisotopic (exact) mass is 418 g/mol. The molecular formula is C19H16BrClN2O2. The second kappa shape index (κ2) is 6.46. The maximum Gasteiger partial charge on any atom is 0.257 e. The number of benzene rings is 2. The van der Waals surface area contributed by atoms with E-state index in [0.29, 0.717) is 17.0 Å². The van der Waals surface area contributed by atoms with Gasteiger partial charge in [0.15, 0.2) is 0 Å². The maximum atomic E-state index is 12.6. The number of rotatable bonds is 2. The Labute approximate surface area is 159 Å². The van der Waals surface area contributed by atoms with Crippen LogP contribution < -0.4 is 10.2 Å². The Morgan fingerprint density at radius 2 is 1.88 bits per heavy atom. The third-order valence-corrected chi connectivity index (χ3v) is 5.53. The third kappa shape index (κ3) is 3.07. The minimum Gasteiger partial charge on any atom is -0.322 e. The van der Waals surface area contributed by atoms with Gasteiger partial charge in [0.1, 0.15) is 0 Å². The van der Waals surface area contributed by atoms with Crippen molar-refractivity contribution in [2.75, 3.05) is 16.8 Å². The molecule has 25 heavy (non-hydrogen) atoms. The van der Waals surface area contributed by atoms with E-state index < -0.39 is 0 Å². The van der Waals surface area contributed by atoms with E-state index in [4.69, 9.17) is 11.6 Å². The van der Waals surface area contributed by atoms with Crippen LogP contribution in [0.15, 0.2) is 34.8 Å². The van der Waals surface area contributed by atoms with Crippen molar-refractivity contribution in [1.82, 2.24) is 0 Å². The number of carbonyl (C=O) groups is 2. The van der Waals surface area contributed by atoms with Gasteiger partial charge in [-0.3, -0.25) is 9.59 Å². The van der Waals surface area contributed by atoms with Gasteiger partial charge in [0.2, 0.25) is 5.91 Å². The molecule has 0 aliphatic carbocycles. The normalized spacial score (nSPS) is 15.8. The predicted octanol–water partition coefficient (Wildman–Crippen LogP) is 4.58. The Hall–Kier alpha value is -1.85. The Morgan fingerprint density at radius 3 is 2.68 bits per heavy atom. The predicted molar refractivity (Wildman–Crippen MR) is 103 cm³/mol. The summed E-state index contributed by atoms with van der Waals surface area (Å²) in [6, 6.07) is 9.16. The molecule has 0 saturated carbocycles. The highest BCUT2D eigenvalue weighted by atomic mass is 79.9. The lowest BCUT2D eigenvalue weighted by Crippen LogP contribution is -2.39. The molecule has 2 aromatic rings. The van der Waals surface area contributed by atoms with E-state index in [2.05, 4.69) is 21.2 Å². The van der Waals surface area contributed by atoms with E-state index in [1.54, 1.807) is 18.2 Å². The number of halogens is 2. The molecule has 0 unspecified atom stereocenters. The lowest BCUT2D eigenvalue weighted by atomic mass is 9.91. The molecule has 0 fully saturated rings. The highest BCUT2D eigenvalue weighted by Gasteiger charge is 2.29. The highest BCUT2D eigenvalue weighted by Crippen LogP contribution is 2.38. The summed E-state index contributed by atoms with van der Waals surface area (Å²) >= 11 is 9.52. The smallest absolute Gasteiger partial charge is 0.257 e. The summed E-state index contributed by atoms with van der Waals surface area (Å²) in [6.45, 7) is 0.790. The van der Waals surface area contributed by atoms with Crippen LogP contribution in [0.1, 0.15) is 34.3 Å². The number of anilines is 2. The van der Waals surface area contributed by atoms with Gasteiger partial charge in [-0.25, -0.2) is 0 Å². The zero-order valence-corrected chi connectivity index (χ0v) is 15.8. The fourth-order valence-electron chi connectivity index (χ4n) is 3.60. The number of amides is 2. The largest absolute Gasteiger partial charge is 0.322 e. The summed E-state index contributed by atoms with van der Waals surface area (Å²) in [4.78, 5) is 26.6. The second-order valence-electron chi connectivity index (χ2n) is 6.37. The van der Waals surface area contributed by atoms with Crippen LogP contribution in [0.5, 0.6) is 0 Å². The minimum atomic E-state index is -0.238. The zero-order chi connectivity index (χ0) is 17.6. The van der Waals surface area contributed by atoms with Crippen LogP contribution in [0.25, 0.3) is 0 Å². The number of hydrogen-bond acceptors (Lipinski definition) is 2. The van der Waals surface area contributed by atoms with Crippen molar-refractivity contribution in [3.8, 4) is 0 Å². The molecule has 4 nitrogen and oxygen atoms in total. The number of carbonyl (C=O) groups excluding carboxylic acids is 2. The number of nitrogens with one attached hydrogen (secondary N) is 1. The molecule has 0 saturated heterocycles. The van der Waals surface area contributed by atoms with Gasteiger partial charge < -0.3 is 10.2 Å². The van der Waals surface area contributed by atoms with E-state index in [0.717, 1.165) is 52.8 Å². The Morgan fingerprint density at radius 1 is 1.12 bits per heavy atom. The van der Waals surface area contributed by atoms with E-state index in [9.17, 15) is 9.59 Å². The van der Waals surface area contributed by atoms with Gasteiger partial charge in [-0.1, -0.05) is 27.5 Å². The summed E-state index contributed by atoms with van der Waals surface area (Å²) in [7, 11) is 0. The molecule has 2 aromatic carbocycles. The van der Waals surface area contributed by atoms with Crippen molar-refractivity contribution < 1.29 is 9.59 Å². The molecule has 0 aromatic heterocycles. The molecule has 0 atom stereocenters. The summed E-state index contributed by atoms with van der Waals surface area (Å²) in [5, 5.41) is 3.37. The van der Waals surface area contributed by atoms with Crippen LogP contribution in [-0.2, 0) is 17.6 Å². The molecular weight excluding hydrogens is 404 g/mol. The first-order chi connectivity index (χ1) is 12.0. The molecule has 2 heterocycles. The number of hydrogen-bond donors (Lipinski definition) is 1. The van der Waals surface area contributed by atoms with E-state index in [1.165, 1.54) is 0 Å². The highest BCUT2D eigenvalue weighted by molar-refractivity contribution is 9.10. The first-order valence-electron chi connectivity index (χ1n) is 8.25. The first-order valence-corrected chi connectivity index (χ1v) is 9.42. The van der Waals surface area contributed by atoms with Crippen molar-refractivity contribution in [3.63, 3.8) is 0 Å². The lowest BCUT2D eigenvalue weighted by molar-refractivity contribution is -0.119. The van der Waals surface area contributed by atoms with Gasteiger partial charge >= 0.3 is 0 Å². The molecule has 0 bridgehead atoms. The molecule has 0 radical (unpaired) electrons. The summed E-state index contributed by atoms with van der Waals surface area (Å²) in [6.07, 6.45) is 3.13. The van der Waals surface area contributed by atoms with Gasteiger partial charge in [-0.05, 0) is 60.7 Å². The number of nitrogens with zero attached hydrogens (tertiary/aromatic N) is 1. The van der Waals surface area contributed by atoms with Crippen LogP contribution in [0.4, 0.5) is 11.4 Å². The van der Waals surface area contributed by atoms with Gasteiger partial charge in [0.25, 0.3) is 5.91 Å². The Bertz CT molecular complexity index is 880. The van der Waals surface area contributed by atoms with Gasteiger partial charge in [0, 0.05) is 23.1 Å². The van der Waals surface area contributed by atoms with Crippen molar-refractivity contribution in [2.24, 2.45) is 0 Å². The van der Waals surface area contributed by atoms with E-state index in [-0.39, 0.29) is 11.8 Å². The van der Waals surface area contributed by atoms with Crippen LogP contribution in [0.3, 0.4) is 0 Å². The van der Waals surface area contributed by atoms with Crippen LogP contribution >= 0.6 is 27.5 Å². The zero-order valence-electron chi connectivity index (χ0n) is 13.4. The molecule has 128 valence electrons. The fourth-order valence-corrected chi connectivity index (χ4v) is 4.16. The fraction of sp³-hybridized carbons (Fsp3) is 0.263. The van der Waals surface area contributed by atoms with Crippen molar-refractivity contribution in [1.29, 1.82) is 0 Å². The van der Waals surface area contributed by atoms with Crippen LogP contribution in [-0.4, -0.2) is 18.4 Å². The average Bonchev–Trinajstić information content (AvgIpc) is 2.60. The Balaban J connectivity index is 1.67. The van der Waals surface area contributed by atoms with Crippen molar-refractivity contribution in [2.45, 2.75) is 25.7 Å². The first kappa shape index (κ1) is 16.6. The standard InChI is InChI=1S/C19H16BrClN2O2/c20-13-4-5-16(21)15(10-13)19(25)22-14-8-11-2-1-7-23-17(24)6-3-12(9-14)18(11)23/h4-5,8-10H,1-3,6-7H2,(H,22,25). The van der Waals surface area contributed by atoms with Crippen molar-refractivity contribution >= 4 is 50.7 Å². The summed E-state index contributed by atoms with van der Waals surface area (Å²) in [5.41, 5.74) is 4.51. The van der Waals surface area contributed by atoms with E-state index in [1.807, 2.05) is 17.0 Å². The molecule has 1 N–H and O–H groups in total. The van der Waals surface area contributed by atoms with E-state index >= 15 is 0 Å². The van der Waals surface area contributed by atoms with Gasteiger partial charge in [0.05, 0.1) is 16.3 Å². The summed E-state index contributed by atoms with van der Waals surface area (Å²) in [5.74, 6) is -0.0378. The third-order valence-electron chi connectivity index (χ3n) is 4.71. The molecule has 2 amide bonds. The maximum absolute atomic E-state index is 12.6. The lowest BCUT2D eigenvalue weighted by Gasteiger charge is -2.35. The molecule has 4 rings (SSSR count). The SMILES string of the molecule is O=C(Nc1cc2c3c(c1)CCC(=O)N3CCC2)c1cc(Br)ccc1Cl. The molecule has 6 heteroatoms. The topological polar surface area (TPSA) is 49.4 Å². The molecule has 2 aliphatic rings. The van der Waals surface area contributed by atoms with Gasteiger partial charge in [-0.15, -0.1) is 0 Å². The second-order valence-corrected chi connectivity index (χ2v) is 7.69. The van der Waals surface area contributed by atoms with Crippen LogP contribution in [0.2, 0.25) is 5.02 Å². The summed E-state index contributed by atoms with van der Waals surface area (Å²) < 4.78 is 0.803. The minimum absolute atomic E-state index is 0.200. The average molecular weight is 420 g/mol. The quantitative estimate of drug-likeness (QED) is 0.774. The van der Waals surface area contributed by atoms with Crippen molar-refractivity contribution in [3.05, 3.63) is 56.5 Å². The molecule has 2 aliphatic heterocycles. The Kier molecular flexibility index (Phi) is 4.29. The molecule has 0 spiro atoms. The van der Waals surface area contributed by atoms with Crippen LogP contribution in [0, 0.1) is 0 Å². The van der Waals surface area contributed by atoms with Gasteiger partial charge in [-0.2, -0.15) is 0 Å².